The maximum Gasteiger partial charge on any atom is 0.264 e. The molecule has 0 spiro atoms. The lowest BCUT2D eigenvalue weighted by atomic mass is 10.0. The van der Waals surface area contributed by atoms with E-state index in [-0.39, 0.29) is 29.8 Å². The van der Waals surface area contributed by atoms with E-state index < -0.39 is 28.5 Å². The number of halogens is 2. The minimum Gasteiger partial charge on any atom is -0.352 e. The second-order valence-corrected chi connectivity index (χ2v) is 13.9. The monoisotopic (exact) mass is 665 g/mol. The van der Waals surface area contributed by atoms with E-state index in [2.05, 4.69) is 5.32 Å². The Labute approximate surface area is 275 Å². The number of hydrogen-bond donors (Lipinski definition) is 1. The number of amides is 2. The Bertz CT molecular complexity index is 1750. The van der Waals surface area contributed by atoms with Gasteiger partial charge in [0.1, 0.15) is 12.6 Å². The predicted octanol–water partition coefficient (Wildman–Crippen LogP) is 6.97. The van der Waals surface area contributed by atoms with Crippen LogP contribution in [0.5, 0.6) is 0 Å². The van der Waals surface area contributed by atoms with Gasteiger partial charge in [-0.1, -0.05) is 95.5 Å². The van der Waals surface area contributed by atoms with Crippen molar-refractivity contribution in [3.63, 3.8) is 0 Å². The first-order chi connectivity index (χ1) is 21.4. The number of carbonyl (C=O) groups is 2. The van der Waals surface area contributed by atoms with Gasteiger partial charge in [0.2, 0.25) is 11.8 Å². The first-order valence-electron chi connectivity index (χ1n) is 14.6. The number of nitrogens with one attached hydrogen (secondary N) is 1. The van der Waals surface area contributed by atoms with E-state index >= 15 is 0 Å². The number of hydrogen-bond acceptors (Lipinski definition) is 4. The molecule has 0 unspecified atom stereocenters. The van der Waals surface area contributed by atoms with Gasteiger partial charge in [0.05, 0.1) is 10.6 Å². The van der Waals surface area contributed by atoms with Crippen LogP contribution in [0.3, 0.4) is 0 Å². The van der Waals surface area contributed by atoms with E-state index in [0.29, 0.717) is 26.9 Å². The van der Waals surface area contributed by atoms with E-state index in [1.165, 1.54) is 17.0 Å². The van der Waals surface area contributed by atoms with Crippen molar-refractivity contribution < 1.29 is 18.0 Å². The molecule has 2 amide bonds. The normalized spacial score (nSPS) is 12.1. The van der Waals surface area contributed by atoms with Crippen molar-refractivity contribution in [2.45, 2.75) is 57.6 Å². The van der Waals surface area contributed by atoms with Crippen LogP contribution in [0.2, 0.25) is 10.0 Å². The molecule has 0 heterocycles. The molecule has 1 N–H and O–H groups in total. The zero-order chi connectivity index (χ0) is 32.7. The molecule has 45 heavy (non-hydrogen) atoms. The van der Waals surface area contributed by atoms with Crippen molar-refractivity contribution in [3.05, 3.63) is 129 Å². The quantitative estimate of drug-likeness (QED) is 0.177. The summed E-state index contributed by atoms with van der Waals surface area (Å²) in [6.45, 7) is 6.74. The molecule has 0 radical (unpaired) electrons. The van der Waals surface area contributed by atoms with E-state index in [1.54, 1.807) is 61.5 Å². The average molecular weight is 667 g/mol. The number of sulfonamides is 1. The highest BCUT2D eigenvalue weighted by Crippen LogP contribution is 2.29. The van der Waals surface area contributed by atoms with Crippen LogP contribution >= 0.6 is 23.2 Å². The molecule has 0 bridgehead atoms. The molecule has 0 aliphatic rings. The first kappa shape index (κ1) is 34.0. The van der Waals surface area contributed by atoms with Gasteiger partial charge in [0, 0.05) is 29.1 Å². The molecule has 7 nitrogen and oxygen atoms in total. The number of aryl methyl sites for hydroxylation is 2. The minimum atomic E-state index is -4.19. The Balaban J connectivity index is 1.83. The highest BCUT2D eigenvalue weighted by Gasteiger charge is 2.35. The maximum atomic E-state index is 14.5. The molecule has 4 aromatic rings. The molecule has 0 aromatic heterocycles. The summed E-state index contributed by atoms with van der Waals surface area (Å²) in [6.07, 6.45) is 0.200. The Hall–Kier alpha value is -3.85. The van der Waals surface area contributed by atoms with Crippen LogP contribution in [0, 0.1) is 13.8 Å². The lowest BCUT2D eigenvalue weighted by molar-refractivity contribution is -0.140. The highest BCUT2D eigenvalue weighted by molar-refractivity contribution is 7.92. The van der Waals surface area contributed by atoms with Crippen LogP contribution < -0.4 is 9.62 Å². The summed E-state index contributed by atoms with van der Waals surface area (Å²) in [5.41, 5.74) is 3.34. The molecule has 10 heteroatoms. The third-order valence-corrected chi connectivity index (χ3v) is 9.69. The van der Waals surface area contributed by atoms with Gasteiger partial charge >= 0.3 is 0 Å². The summed E-state index contributed by atoms with van der Waals surface area (Å²) in [4.78, 5) is 29.8. The van der Waals surface area contributed by atoms with Crippen molar-refractivity contribution in [3.8, 4) is 0 Å². The van der Waals surface area contributed by atoms with Gasteiger partial charge in [-0.25, -0.2) is 8.42 Å². The summed E-state index contributed by atoms with van der Waals surface area (Å²) in [6, 6.07) is 26.6. The third-order valence-electron chi connectivity index (χ3n) is 7.33. The second-order valence-electron chi connectivity index (χ2n) is 11.2. The SMILES string of the molecule is Cc1ccc(S(=O)(=O)N(CC(=O)N(Cc2ccc(Cl)cc2Cl)[C@H](Cc2ccccc2)C(=O)NC(C)C)c2ccccc2C)cc1. The Morgan fingerprint density at radius 1 is 0.844 bits per heavy atom. The Kier molecular flexibility index (Phi) is 11.3. The van der Waals surface area contributed by atoms with Crippen LogP contribution in [0.4, 0.5) is 5.69 Å². The number of para-hydroxylation sites is 1. The minimum absolute atomic E-state index is 0.0508. The molecular weight excluding hydrogens is 629 g/mol. The van der Waals surface area contributed by atoms with Gasteiger partial charge < -0.3 is 10.2 Å². The van der Waals surface area contributed by atoms with Gasteiger partial charge in [0.25, 0.3) is 10.0 Å². The van der Waals surface area contributed by atoms with Crippen molar-refractivity contribution in [1.29, 1.82) is 0 Å². The van der Waals surface area contributed by atoms with Crippen molar-refractivity contribution in [2.75, 3.05) is 10.8 Å². The average Bonchev–Trinajstić information content (AvgIpc) is 2.99. The molecular formula is C35H37Cl2N3O4S. The second kappa shape index (κ2) is 15.0. The summed E-state index contributed by atoms with van der Waals surface area (Å²) in [7, 11) is -4.19. The molecule has 4 aromatic carbocycles. The van der Waals surface area contributed by atoms with Crippen LogP contribution in [0.25, 0.3) is 0 Å². The van der Waals surface area contributed by atoms with Gasteiger partial charge in [-0.2, -0.15) is 0 Å². The van der Waals surface area contributed by atoms with Gasteiger partial charge in [-0.3, -0.25) is 13.9 Å². The molecule has 4 rings (SSSR count). The highest BCUT2D eigenvalue weighted by atomic mass is 35.5. The molecule has 1 atom stereocenters. The van der Waals surface area contributed by atoms with E-state index in [4.69, 9.17) is 23.2 Å². The van der Waals surface area contributed by atoms with Crippen LogP contribution in [-0.2, 0) is 32.6 Å². The Morgan fingerprint density at radius 2 is 1.49 bits per heavy atom. The number of carbonyl (C=O) groups excluding carboxylic acids is 2. The number of anilines is 1. The maximum absolute atomic E-state index is 14.5. The first-order valence-corrected chi connectivity index (χ1v) is 16.8. The molecule has 0 aliphatic heterocycles. The fourth-order valence-corrected chi connectivity index (χ4v) is 6.91. The lowest BCUT2D eigenvalue weighted by Crippen LogP contribution is -2.54. The zero-order valence-electron chi connectivity index (χ0n) is 25.7. The summed E-state index contributed by atoms with van der Waals surface area (Å²) in [5, 5.41) is 3.70. The van der Waals surface area contributed by atoms with Crippen LogP contribution in [0.15, 0.2) is 102 Å². The smallest absolute Gasteiger partial charge is 0.264 e. The van der Waals surface area contributed by atoms with Crippen LogP contribution in [-0.4, -0.2) is 43.8 Å². The molecule has 0 fully saturated rings. The number of rotatable bonds is 12. The van der Waals surface area contributed by atoms with Gasteiger partial charge in [-0.15, -0.1) is 0 Å². The summed E-state index contributed by atoms with van der Waals surface area (Å²) in [5.74, 6) is -0.934. The fraction of sp³-hybridized carbons (Fsp3) is 0.257. The van der Waals surface area contributed by atoms with E-state index in [1.807, 2.05) is 51.1 Å². The van der Waals surface area contributed by atoms with Crippen LogP contribution in [0.1, 0.15) is 36.1 Å². The van der Waals surface area contributed by atoms with E-state index in [0.717, 1.165) is 15.4 Å². The van der Waals surface area contributed by atoms with E-state index in [9.17, 15) is 18.0 Å². The molecule has 0 saturated heterocycles. The summed E-state index contributed by atoms with van der Waals surface area (Å²) >= 11 is 12.7. The Morgan fingerprint density at radius 3 is 2.11 bits per heavy atom. The molecule has 0 saturated carbocycles. The molecule has 236 valence electrons. The number of benzene rings is 4. The predicted molar refractivity (Wildman–Crippen MR) is 181 cm³/mol. The van der Waals surface area contributed by atoms with Gasteiger partial charge in [-0.05, 0) is 74.7 Å². The van der Waals surface area contributed by atoms with Crippen molar-refractivity contribution in [1.82, 2.24) is 10.2 Å². The number of nitrogens with zero attached hydrogens (tertiary/aromatic N) is 2. The zero-order valence-corrected chi connectivity index (χ0v) is 28.0. The molecule has 0 aliphatic carbocycles. The largest absolute Gasteiger partial charge is 0.352 e. The fourth-order valence-electron chi connectivity index (χ4n) is 4.96. The summed E-state index contributed by atoms with van der Waals surface area (Å²) < 4.78 is 29.5. The van der Waals surface area contributed by atoms with Crippen molar-refractivity contribution >= 4 is 50.7 Å². The lowest BCUT2D eigenvalue weighted by Gasteiger charge is -2.34. The van der Waals surface area contributed by atoms with Crippen molar-refractivity contribution in [2.24, 2.45) is 0 Å². The standard InChI is InChI=1S/C35H37Cl2N3O4S/c1-24(2)38-35(42)33(20-27-11-6-5-7-12-27)39(22-28-16-17-29(36)21-31(28)37)34(41)23-40(32-13-9-8-10-26(32)4)45(43,44)30-18-14-25(3)15-19-30/h5-19,21,24,33H,20,22-23H2,1-4H3,(H,38,42)/t33-/m1/s1. The van der Waals surface area contributed by atoms with Gasteiger partial charge in [0.15, 0.2) is 0 Å². The third kappa shape index (κ3) is 8.66. The topological polar surface area (TPSA) is 86.8 Å².